The minimum atomic E-state index is -1.32. The van der Waals surface area contributed by atoms with Gasteiger partial charge in [-0.3, -0.25) is 0 Å². The van der Waals surface area contributed by atoms with Crippen LogP contribution in [0.25, 0.3) is 0 Å². The smallest absolute Gasteiger partial charge is 0.161 e. The Morgan fingerprint density at radius 1 is 0.842 bits per heavy atom. The van der Waals surface area contributed by atoms with Gasteiger partial charge in [-0.25, -0.2) is 13.2 Å². The molecule has 2 rings (SSSR count). The van der Waals surface area contributed by atoms with Crippen LogP contribution in [-0.2, 0) is 0 Å². The summed E-state index contributed by atoms with van der Waals surface area (Å²) in [6.45, 7) is 3.76. The summed E-state index contributed by atoms with van der Waals surface area (Å²) < 4.78 is 39.6. The standard InChI is InChI=1S/C15H13F3O/c1-8-3-4-10(5-9(8)2)15(19)11-6-13(17)14(18)7-12(11)16/h3-7,15,19H,1-2H3. The molecule has 0 aliphatic heterocycles. The third kappa shape index (κ3) is 2.63. The van der Waals surface area contributed by atoms with Gasteiger partial charge in [0, 0.05) is 11.6 Å². The fourth-order valence-electron chi connectivity index (χ4n) is 1.86. The quantitative estimate of drug-likeness (QED) is 0.820. The summed E-state index contributed by atoms with van der Waals surface area (Å²) >= 11 is 0. The molecule has 1 nitrogen and oxygen atoms in total. The van der Waals surface area contributed by atoms with Gasteiger partial charge in [-0.2, -0.15) is 0 Å². The summed E-state index contributed by atoms with van der Waals surface area (Å²) in [4.78, 5) is 0. The van der Waals surface area contributed by atoms with Crippen LogP contribution in [0.15, 0.2) is 30.3 Å². The highest BCUT2D eigenvalue weighted by atomic mass is 19.2. The second-order valence-electron chi connectivity index (χ2n) is 4.53. The van der Waals surface area contributed by atoms with Crippen LogP contribution in [0.1, 0.15) is 28.4 Å². The molecule has 1 atom stereocenters. The Kier molecular flexibility index (Phi) is 3.62. The normalized spacial score (nSPS) is 12.5. The minimum Gasteiger partial charge on any atom is -0.384 e. The number of aryl methyl sites for hydroxylation is 2. The average molecular weight is 266 g/mol. The molecule has 1 unspecified atom stereocenters. The van der Waals surface area contributed by atoms with Gasteiger partial charge < -0.3 is 5.11 Å². The number of aliphatic hydroxyl groups is 1. The molecule has 0 saturated heterocycles. The molecule has 2 aromatic carbocycles. The van der Waals surface area contributed by atoms with Gasteiger partial charge in [0.1, 0.15) is 11.9 Å². The maximum atomic E-state index is 13.6. The van der Waals surface area contributed by atoms with Gasteiger partial charge >= 0.3 is 0 Å². The van der Waals surface area contributed by atoms with Gasteiger partial charge in [0.2, 0.25) is 0 Å². The van der Waals surface area contributed by atoms with Gasteiger partial charge in [0.15, 0.2) is 11.6 Å². The van der Waals surface area contributed by atoms with Crippen LogP contribution in [0.4, 0.5) is 13.2 Å². The Balaban J connectivity index is 2.46. The van der Waals surface area contributed by atoms with Gasteiger partial charge in [0.05, 0.1) is 0 Å². The largest absolute Gasteiger partial charge is 0.384 e. The molecule has 0 bridgehead atoms. The number of aliphatic hydroxyl groups excluding tert-OH is 1. The third-order valence-electron chi connectivity index (χ3n) is 3.18. The van der Waals surface area contributed by atoms with E-state index in [4.69, 9.17) is 0 Å². The molecule has 0 amide bonds. The van der Waals surface area contributed by atoms with E-state index in [-0.39, 0.29) is 5.56 Å². The molecule has 0 aliphatic rings. The maximum Gasteiger partial charge on any atom is 0.161 e. The van der Waals surface area contributed by atoms with E-state index in [2.05, 4.69) is 0 Å². The zero-order valence-corrected chi connectivity index (χ0v) is 10.5. The molecule has 0 aliphatic carbocycles. The topological polar surface area (TPSA) is 20.2 Å². The second kappa shape index (κ2) is 5.05. The molecule has 1 N–H and O–H groups in total. The molecule has 0 saturated carbocycles. The van der Waals surface area contributed by atoms with Crippen LogP contribution in [0.2, 0.25) is 0 Å². The van der Waals surface area contributed by atoms with Crippen molar-refractivity contribution in [2.24, 2.45) is 0 Å². The molecule has 0 spiro atoms. The first kappa shape index (κ1) is 13.6. The highest BCUT2D eigenvalue weighted by molar-refractivity contribution is 5.36. The van der Waals surface area contributed by atoms with E-state index in [9.17, 15) is 18.3 Å². The Bertz CT molecular complexity index is 623. The molecule has 0 radical (unpaired) electrons. The Morgan fingerprint density at radius 3 is 2.11 bits per heavy atom. The van der Waals surface area contributed by atoms with E-state index in [1.807, 2.05) is 13.8 Å². The lowest BCUT2D eigenvalue weighted by Crippen LogP contribution is -2.05. The predicted octanol–water partition coefficient (Wildman–Crippen LogP) is 3.80. The van der Waals surface area contributed by atoms with Gasteiger partial charge in [-0.1, -0.05) is 18.2 Å². The molecule has 19 heavy (non-hydrogen) atoms. The van der Waals surface area contributed by atoms with Crippen molar-refractivity contribution in [3.05, 3.63) is 70.0 Å². The first-order valence-corrected chi connectivity index (χ1v) is 5.80. The average Bonchev–Trinajstić information content (AvgIpc) is 2.36. The molecular weight excluding hydrogens is 253 g/mol. The van der Waals surface area contributed by atoms with Gasteiger partial charge in [-0.15, -0.1) is 0 Å². The van der Waals surface area contributed by atoms with Crippen molar-refractivity contribution >= 4 is 0 Å². The van der Waals surface area contributed by atoms with Crippen LogP contribution in [0, 0.1) is 31.3 Å². The van der Waals surface area contributed by atoms with Crippen LogP contribution >= 0.6 is 0 Å². The number of benzene rings is 2. The van der Waals surface area contributed by atoms with Crippen molar-refractivity contribution in [3.63, 3.8) is 0 Å². The second-order valence-corrected chi connectivity index (χ2v) is 4.53. The van der Waals surface area contributed by atoms with Crippen LogP contribution < -0.4 is 0 Å². The predicted molar refractivity (Wildman–Crippen MR) is 66.3 cm³/mol. The zero-order chi connectivity index (χ0) is 14.2. The Labute approximate surface area is 109 Å². The highest BCUT2D eigenvalue weighted by Gasteiger charge is 2.18. The van der Waals surface area contributed by atoms with Crippen LogP contribution in [0.3, 0.4) is 0 Å². The lowest BCUT2D eigenvalue weighted by atomic mass is 9.97. The number of hydrogen-bond acceptors (Lipinski definition) is 1. The summed E-state index contributed by atoms with van der Waals surface area (Å²) in [5, 5.41) is 10.1. The molecule has 0 heterocycles. The first-order valence-electron chi connectivity index (χ1n) is 5.80. The lowest BCUT2D eigenvalue weighted by molar-refractivity contribution is 0.213. The van der Waals surface area contributed by atoms with Crippen LogP contribution in [0.5, 0.6) is 0 Å². The maximum absolute atomic E-state index is 13.6. The van der Waals surface area contributed by atoms with Crippen molar-refractivity contribution < 1.29 is 18.3 Å². The summed E-state index contributed by atoms with van der Waals surface area (Å²) in [7, 11) is 0. The van der Waals surface area contributed by atoms with Gasteiger partial charge in [0.25, 0.3) is 0 Å². The summed E-state index contributed by atoms with van der Waals surface area (Å²) in [5.74, 6) is -3.42. The zero-order valence-electron chi connectivity index (χ0n) is 10.5. The van der Waals surface area contributed by atoms with Crippen molar-refractivity contribution in [3.8, 4) is 0 Å². The van der Waals surface area contributed by atoms with Gasteiger partial charge in [-0.05, 0) is 36.6 Å². The summed E-state index contributed by atoms with van der Waals surface area (Å²) in [6, 6.07) is 6.24. The molecule has 2 aromatic rings. The fraction of sp³-hybridized carbons (Fsp3) is 0.200. The highest BCUT2D eigenvalue weighted by Crippen LogP contribution is 2.27. The van der Waals surface area contributed by atoms with Crippen molar-refractivity contribution in [2.75, 3.05) is 0 Å². The number of halogens is 3. The van der Waals surface area contributed by atoms with E-state index < -0.39 is 23.6 Å². The van der Waals surface area contributed by atoms with E-state index >= 15 is 0 Å². The summed E-state index contributed by atoms with van der Waals surface area (Å²) in [5.41, 5.74) is 2.12. The number of hydrogen-bond donors (Lipinski definition) is 1. The molecular formula is C15H13F3O. The molecule has 0 fully saturated rings. The Morgan fingerprint density at radius 2 is 1.47 bits per heavy atom. The van der Waals surface area contributed by atoms with Crippen LogP contribution in [-0.4, -0.2) is 5.11 Å². The molecule has 4 heteroatoms. The molecule has 0 aromatic heterocycles. The lowest BCUT2D eigenvalue weighted by Gasteiger charge is -2.14. The van der Waals surface area contributed by atoms with E-state index in [0.29, 0.717) is 17.7 Å². The number of rotatable bonds is 2. The van der Waals surface area contributed by atoms with Crippen molar-refractivity contribution in [1.29, 1.82) is 0 Å². The van der Waals surface area contributed by atoms with E-state index in [1.54, 1.807) is 18.2 Å². The minimum absolute atomic E-state index is 0.276. The first-order chi connectivity index (χ1) is 8.90. The Hall–Kier alpha value is -1.81. The molecule has 100 valence electrons. The van der Waals surface area contributed by atoms with E-state index in [0.717, 1.165) is 11.1 Å². The third-order valence-corrected chi connectivity index (χ3v) is 3.18. The summed E-state index contributed by atoms with van der Waals surface area (Å²) in [6.07, 6.45) is -1.32. The monoisotopic (exact) mass is 266 g/mol. The van der Waals surface area contributed by atoms with E-state index in [1.165, 1.54) is 0 Å². The SMILES string of the molecule is Cc1ccc(C(O)c2cc(F)c(F)cc2F)cc1C. The fourth-order valence-corrected chi connectivity index (χ4v) is 1.86. The van der Waals surface area contributed by atoms with Crippen molar-refractivity contribution in [1.82, 2.24) is 0 Å². The van der Waals surface area contributed by atoms with Crippen molar-refractivity contribution in [2.45, 2.75) is 20.0 Å².